The van der Waals surface area contributed by atoms with Crippen molar-refractivity contribution in [3.8, 4) is 0 Å². The predicted octanol–water partition coefficient (Wildman–Crippen LogP) is 4.63. The van der Waals surface area contributed by atoms with E-state index >= 15 is 0 Å². The zero-order valence-corrected chi connectivity index (χ0v) is 14.6. The third kappa shape index (κ3) is 3.09. The molecule has 0 N–H and O–H groups in total. The minimum atomic E-state index is -0.452. The topological polar surface area (TPSA) is 37.4 Å². The van der Waals surface area contributed by atoms with Gasteiger partial charge in [-0.3, -0.25) is 9.59 Å². The molecule has 2 aromatic carbocycles. The lowest BCUT2D eigenvalue weighted by Crippen LogP contribution is -2.25. The van der Waals surface area contributed by atoms with E-state index in [0.717, 1.165) is 24.1 Å². The van der Waals surface area contributed by atoms with Gasteiger partial charge in [-0.25, -0.2) is 0 Å². The van der Waals surface area contributed by atoms with Gasteiger partial charge in [-0.2, -0.15) is 0 Å². The molecule has 3 nitrogen and oxygen atoms in total. The molecular weight excluding hydrogens is 322 g/mol. The summed E-state index contributed by atoms with van der Waals surface area (Å²) in [6.07, 6.45) is 2.25. The highest BCUT2D eigenvalue weighted by Crippen LogP contribution is 2.40. The molecule has 3 rings (SSSR count). The summed E-state index contributed by atoms with van der Waals surface area (Å²) in [6, 6.07) is 13.1. The van der Waals surface area contributed by atoms with Gasteiger partial charge in [0.25, 0.3) is 0 Å². The van der Waals surface area contributed by atoms with Crippen LogP contribution in [0.5, 0.6) is 0 Å². The number of fused-ring (bicyclic) bond motifs is 1. The number of nitrogens with zero attached hydrogens (tertiary/aromatic N) is 1. The number of hydrogen-bond donors (Lipinski definition) is 0. The Bertz CT molecular complexity index is 783. The summed E-state index contributed by atoms with van der Waals surface area (Å²) in [4.78, 5) is 26.7. The Labute approximate surface area is 147 Å². The molecule has 4 heteroatoms. The van der Waals surface area contributed by atoms with Crippen LogP contribution < -0.4 is 4.90 Å². The zero-order chi connectivity index (χ0) is 17.3. The quantitative estimate of drug-likeness (QED) is 0.744. The van der Waals surface area contributed by atoms with Crippen LogP contribution in [0.25, 0.3) is 0 Å². The number of rotatable bonds is 5. The van der Waals surface area contributed by atoms with Crippen molar-refractivity contribution in [1.82, 2.24) is 0 Å². The average Bonchev–Trinajstić information content (AvgIpc) is 2.80. The van der Waals surface area contributed by atoms with Gasteiger partial charge in [0.15, 0.2) is 5.78 Å². The lowest BCUT2D eigenvalue weighted by atomic mass is 9.92. The molecule has 0 aliphatic carbocycles. The number of likely N-dealkylation sites (N-methyl/N-ethyl adjacent to an activating group) is 1. The van der Waals surface area contributed by atoms with Gasteiger partial charge in [0, 0.05) is 29.7 Å². The smallest absolute Gasteiger partial charge is 0.234 e. The largest absolute Gasteiger partial charge is 0.315 e. The number of aryl methyl sites for hydroxylation is 1. The van der Waals surface area contributed by atoms with Gasteiger partial charge in [0.2, 0.25) is 5.91 Å². The van der Waals surface area contributed by atoms with Crippen LogP contribution in [0.1, 0.15) is 47.2 Å². The molecule has 1 unspecified atom stereocenters. The van der Waals surface area contributed by atoms with E-state index in [0.29, 0.717) is 10.6 Å². The highest BCUT2D eigenvalue weighted by Gasteiger charge is 2.36. The Kier molecular flexibility index (Phi) is 4.72. The molecule has 0 bridgehead atoms. The first-order chi connectivity index (χ1) is 11.5. The van der Waals surface area contributed by atoms with Gasteiger partial charge in [-0.1, -0.05) is 49.2 Å². The first kappa shape index (κ1) is 16.7. The fraction of sp³-hybridized carbons (Fsp3) is 0.300. The monoisotopic (exact) mass is 341 g/mol. The second-order valence-corrected chi connectivity index (χ2v) is 6.66. The summed E-state index contributed by atoms with van der Waals surface area (Å²) in [5, 5.41) is 0.582. The van der Waals surface area contributed by atoms with Crippen LogP contribution in [0, 0.1) is 0 Å². The number of ketones is 1. The first-order valence-electron chi connectivity index (χ1n) is 8.20. The summed E-state index contributed by atoms with van der Waals surface area (Å²) >= 11 is 6.07. The van der Waals surface area contributed by atoms with Crippen molar-refractivity contribution in [2.24, 2.45) is 0 Å². The van der Waals surface area contributed by atoms with E-state index < -0.39 is 5.92 Å². The van der Waals surface area contributed by atoms with Crippen molar-refractivity contribution in [2.75, 3.05) is 11.9 Å². The van der Waals surface area contributed by atoms with E-state index in [4.69, 9.17) is 11.6 Å². The van der Waals surface area contributed by atoms with Gasteiger partial charge < -0.3 is 4.90 Å². The fourth-order valence-electron chi connectivity index (χ4n) is 3.24. The molecule has 1 amide bonds. The van der Waals surface area contributed by atoms with E-state index in [2.05, 4.69) is 6.92 Å². The van der Waals surface area contributed by atoms with Gasteiger partial charge >= 0.3 is 0 Å². The number of amides is 1. The highest BCUT2D eigenvalue weighted by molar-refractivity contribution is 6.31. The molecule has 0 spiro atoms. The van der Waals surface area contributed by atoms with Crippen LogP contribution in [-0.4, -0.2) is 18.7 Å². The Hall–Kier alpha value is -2.13. The fourth-order valence-corrected chi connectivity index (χ4v) is 3.42. The van der Waals surface area contributed by atoms with Gasteiger partial charge in [0.05, 0.1) is 5.92 Å². The number of benzene rings is 2. The van der Waals surface area contributed by atoms with Crippen molar-refractivity contribution >= 4 is 29.0 Å². The molecule has 1 aliphatic heterocycles. The van der Waals surface area contributed by atoms with Gasteiger partial charge in [-0.15, -0.1) is 0 Å². The molecule has 0 aromatic heterocycles. The molecule has 0 saturated heterocycles. The summed E-state index contributed by atoms with van der Waals surface area (Å²) < 4.78 is 0. The van der Waals surface area contributed by atoms with Crippen molar-refractivity contribution in [3.05, 3.63) is 64.2 Å². The molecule has 24 heavy (non-hydrogen) atoms. The van der Waals surface area contributed by atoms with Gasteiger partial charge in [-0.05, 0) is 35.7 Å². The summed E-state index contributed by atoms with van der Waals surface area (Å²) in [7, 11) is 1.74. The molecule has 124 valence electrons. The second kappa shape index (κ2) is 6.78. The minimum Gasteiger partial charge on any atom is -0.315 e. The SMILES string of the molecule is CCCc1ccc(C(=O)CC2C(=O)N(C)c3ccc(Cl)cc32)cc1. The van der Waals surface area contributed by atoms with Gasteiger partial charge in [0.1, 0.15) is 0 Å². The Morgan fingerprint density at radius 3 is 2.54 bits per heavy atom. The Morgan fingerprint density at radius 2 is 1.88 bits per heavy atom. The van der Waals surface area contributed by atoms with Crippen molar-refractivity contribution < 1.29 is 9.59 Å². The minimum absolute atomic E-state index is 0.0161. The predicted molar refractivity (Wildman–Crippen MR) is 97.0 cm³/mol. The van der Waals surface area contributed by atoms with E-state index in [9.17, 15) is 9.59 Å². The van der Waals surface area contributed by atoms with Crippen LogP contribution in [0.2, 0.25) is 5.02 Å². The van der Waals surface area contributed by atoms with Crippen molar-refractivity contribution in [3.63, 3.8) is 0 Å². The molecule has 0 radical (unpaired) electrons. The Morgan fingerprint density at radius 1 is 1.17 bits per heavy atom. The summed E-state index contributed by atoms with van der Waals surface area (Å²) in [5.41, 5.74) is 3.55. The Balaban J connectivity index is 1.82. The molecule has 2 aromatic rings. The van der Waals surface area contributed by atoms with E-state index in [1.165, 1.54) is 5.56 Å². The summed E-state index contributed by atoms with van der Waals surface area (Å²) in [6.45, 7) is 2.13. The molecule has 1 atom stereocenters. The zero-order valence-electron chi connectivity index (χ0n) is 13.9. The van der Waals surface area contributed by atoms with Crippen LogP contribution in [0.4, 0.5) is 5.69 Å². The molecule has 1 aliphatic rings. The van der Waals surface area contributed by atoms with Crippen LogP contribution in [0.3, 0.4) is 0 Å². The standard InChI is InChI=1S/C20H20ClNO2/c1-3-4-13-5-7-14(8-6-13)19(23)12-17-16-11-15(21)9-10-18(16)22(2)20(17)24/h5-11,17H,3-4,12H2,1-2H3. The number of carbonyl (C=O) groups excluding carboxylic acids is 2. The molecular formula is C20H20ClNO2. The number of anilines is 1. The second-order valence-electron chi connectivity index (χ2n) is 6.23. The highest BCUT2D eigenvalue weighted by atomic mass is 35.5. The third-order valence-electron chi connectivity index (χ3n) is 4.56. The maximum atomic E-state index is 12.6. The van der Waals surface area contributed by atoms with Crippen LogP contribution >= 0.6 is 11.6 Å². The lowest BCUT2D eigenvalue weighted by Gasteiger charge is -2.11. The lowest BCUT2D eigenvalue weighted by molar-refractivity contribution is -0.119. The van der Waals surface area contributed by atoms with Crippen LogP contribution in [-0.2, 0) is 11.2 Å². The normalized spacial score (nSPS) is 16.4. The maximum absolute atomic E-state index is 12.6. The third-order valence-corrected chi connectivity index (χ3v) is 4.79. The molecule has 0 fully saturated rings. The number of carbonyl (C=O) groups is 2. The molecule has 1 heterocycles. The molecule has 0 saturated carbocycles. The van der Waals surface area contributed by atoms with Crippen molar-refractivity contribution in [1.29, 1.82) is 0 Å². The number of hydrogen-bond acceptors (Lipinski definition) is 2. The van der Waals surface area contributed by atoms with Crippen LogP contribution in [0.15, 0.2) is 42.5 Å². The van der Waals surface area contributed by atoms with E-state index in [-0.39, 0.29) is 18.1 Å². The summed E-state index contributed by atoms with van der Waals surface area (Å²) in [5.74, 6) is -0.521. The van der Waals surface area contributed by atoms with E-state index in [1.807, 2.05) is 30.3 Å². The van der Waals surface area contributed by atoms with E-state index in [1.54, 1.807) is 24.1 Å². The number of halogens is 1. The first-order valence-corrected chi connectivity index (χ1v) is 8.58. The number of Topliss-reactive ketones (excluding diaryl/α,β-unsaturated/α-hetero) is 1. The average molecular weight is 342 g/mol. The van der Waals surface area contributed by atoms with Crippen molar-refractivity contribution in [2.45, 2.75) is 32.1 Å². The maximum Gasteiger partial charge on any atom is 0.234 e.